The van der Waals surface area contributed by atoms with Crippen molar-refractivity contribution in [3.63, 3.8) is 0 Å². The van der Waals surface area contributed by atoms with Gasteiger partial charge < -0.3 is 15.4 Å². The van der Waals surface area contributed by atoms with E-state index in [-0.39, 0.29) is 11.2 Å². The molecule has 0 amide bonds. The second kappa shape index (κ2) is 4.71. The second-order valence-electron chi connectivity index (χ2n) is 6.53. The maximum atomic E-state index is 6.21. The van der Waals surface area contributed by atoms with E-state index in [1.807, 2.05) is 18.2 Å². The molecule has 1 fully saturated rings. The highest BCUT2D eigenvalue weighted by atomic mass is 16.5. The molecule has 0 bridgehead atoms. The van der Waals surface area contributed by atoms with Crippen LogP contribution in [0.15, 0.2) is 24.3 Å². The van der Waals surface area contributed by atoms with E-state index in [4.69, 9.17) is 10.5 Å². The van der Waals surface area contributed by atoms with E-state index in [1.165, 1.54) is 0 Å². The Morgan fingerprint density at radius 2 is 1.89 bits per heavy atom. The Hall–Kier alpha value is -1.22. The SMILES string of the molecule is CCN(c1ccccc1N)C1CC(C)(C)OC1(C)C. The van der Waals surface area contributed by atoms with Gasteiger partial charge in [0.25, 0.3) is 0 Å². The minimum Gasteiger partial charge on any atom is -0.397 e. The zero-order chi connectivity index (χ0) is 14.3. The van der Waals surface area contributed by atoms with Crippen LogP contribution in [0.3, 0.4) is 0 Å². The molecule has 0 aromatic heterocycles. The van der Waals surface area contributed by atoms with Crippen LogP contribution in [0.4, 0.5) is 11.4 Å². The van der Waals surface area contributed by atoms with Gasteiger partial charge in [-0.05, 0) is 53.2 Å². The van der Waals surface area contributed by atoms with Gasteiger partial charge in [-0.15, -0.1) is 0 Å². The number of anilines is 2. The normalized spacial score (nSPS) is 24.4. The lowest BCUT2D eigenvalue weighted by atomic mass is 9.92. The molecule has 1 saturated heterocycles. The number of hydrogen-bond donors (Lipinski definition) is 1. The third-order valence-corrected chi connectivity index (χ3v) is 3.99. The first-order chi connectivity index (χ1) is 8.77. The highest BCUT2D eigenvalue weighted by Crippen LogP contribution is 2.42. The Labute approximate surface area is 116 Å². The fourth-order valence-electron chi connectivity index (χ4n) is 3.33. The Bertz CT molecular complexity index is 454. The third-order valence-electron chi connectivity index (χ3n) is 3.99. The van der Waals surface area contributed by atoms with Crippen molar-refractivity contribution in [3.8, 4) is 0 Å². The van der Waals surface area contributed by atoms with E-state index in [2.05, 4.69) is 45.6 Å². The van der Waals surface area contributed by atoms with Crippen molar-refractivity contribution in [2.75, 3.05) is 17.2 Å². The van der Waals surface area contributed by atoms with Gasteiger partial charge in [0.1, 0.15) is 0 Å². The third kappa shape index (κ3) is 2.71. The van der Waals surface area contributed by atoms with Gasteiger partial charge in [-0.2, -0.15) is 0 Å². The summed E-state index contributed by atoms with van der Waals surface area (Å²) in [6.45, 7) is 11.8. The molecule has 1 aromatic rings. The average molecular weight is 262 g/mol. The fourth-order valence-corrected chi connectivity index (χ4v) is 3.33. The number of nitrogen functional groups attached to an aromatic ring is 1. The summed E-state index contributed by atoms with van der Waals surface area (Å²) in [6, 6.07) is 8.43. The van der Waals surface area contributed by atoms with E-state index in [0.717, 1.165) is 24.3 Å². The van der Waals surface area contributed by atoms with Crippen LogP contribution in [0.1, 0.15) is 41.0 Å². The maximum Gasteiger partial charge on any atom is 0.0837 e. The molecule has 1 aliphatic heterocycles. The molecule has 1 aromatic carbocycles. The van der Waals surface area contributed by atoms with Crippen molar-refractivity contribution in [1.82, 2.24) is 0 Å². The molecule has 1 atom stereocenters. The summed E-state index contributed by atoms with van der Waals surface area (Å²) in [5.41, 5.74) is 7.85. The molecular weight excluding hydrogens is 236 g/mol. The van der Waals surface area contributed by atoms with Gasteiger partial charge in [-0.3, -0.25) is 0 Å². The molecule has 3 heteroatoms. The molecule has 0 aliphatic carbocycles. The van der Waals surface area contributed by atoms with Gasteiger partial charge in [-0.25, -0.2) is 0 Å². The molecule has 0 saturated carbocycles. The minimum absolute atomic E-state index is 0.0782. The van der Waals surface area contributed by atoms with Crippen molar-refractivity contribution in [2.24, 2.45) is 0 Å². The summed E-state index contributed by atoms with van der Waals surface area (Å²) in [7, 11) is 0. The van der Waals surface area contributed by atoms with E-state index in [1.54, 1.807) is 0 Å². The lowest BCUT2D eigenvalue weighted by Gasteiger charge is -2.37. The number of rotatable bonds is 3. The monoisotopic (exact) mass is 262 g/mol. The molecule has 3 nitrogen and oxygen atoms in total. The number of hydrogen-bond acceptors (Lipinski definition) is 3. The minimum atomic E-state index is -0.165. The number of para-hydroxylation sites is 2. The van der Waals surface area contributed by atoms with E-state index < -0.39 is 0 Å². The highest BCUT2D eigenvalue weighted by molar-refractivity contribution is 5.68. The Kier molecular flexibility index (Phi) is 3.52. The van der Waals surface area contributed by atoms with Crippen molar-refractivity contribution in [1.29, 1.82) is 0 Å². The molecule has 1 aliphatic rings. The quantitative estimate of drug-likeness (QED) is 0.848. The van der Waals surface area contributed by atoms with Gasteiger partial charge in [-0.1, -0.05) is 12.1 Å². The number of likely N-dealkylation sites (N-methyl/N-ethyl adjacent to an activating group) is 1. The van der Waals surface area contributed by atoms with Crippen LogP contribution in [0.5, 0.6) is 0 Å². The molecule has 1 heterocycles. The molecular formula is C16H26N2O. The highest BCUT2D eigenvalue weighted by Gasteiger charge is 2.48. The topological polar surface area (TPSA) is 38.5 Å². The van der Waals surface area contributed by atoms with Crippen LogP contribution in [0, 0.1) is 0 Å². The molecule has 2 N–H and O–H groups in total. The number of nitrogens with two attached hydrogens (primary N) is 1. The van der Waals surface area contributed by atoms with Gasteiger partial charge in [0.15, 0.2) is 0 Å². The maximum absolute atomic E-state index is 6.21. The predicted octanol–water partition coefficient (Wildman–Crippen LogP) is 3.44. The smallest absolute Gasteiger partial charge is 0.0837 e. The van der Waals surface area contributed by atoms with Crippen LogP contribution in [0.2, 0.25) is 0 Å². The summed E-state index contributed by atoms with van der Waals surface area (Å²) >= 11 is 0. The van der Waals surface area contributed by atoms with Crippen molar-refractivity contribution >= 4 is 11.4 Å². The standard InChI is InChI=1S/C16H26N2O/c1-6-18(13-10-8-7-9-12(13)17)14-11-15(2,3)19-16(14,4)5/h7-10,14H,6,11,17H2,1-5H3. The first-order valence-electron chi connectivity index (χ1n) is 7.08. The number of benzene rings is 1. The van der Waals surface area contributed by atoms with Crippen LogP contribution in [-0.2, 0) is 4.74 Å². The first kappa shape index (κ1) is 14.2. The Morgan fingerprint density at radius 1 is 1.26 bits per heavy atom. The van der Waals surface area contributed by atoms with Crippen molar-refractivity contribution in [2.45, 2.75) is 58.3 Å². The van der Waals surface area contributed by atoms with Crippen molar-refractivity contribution in [3.05, 3.63) is 24.3 Å². The van der Waals surface area contributed by atoms with Gasteiger partial charge in [0.05, 0.1) is 28.6 Å². The first-order valence-corrected chi connectivity index (χ1v) is 7.08. The zero-order valence-electron chi connectivity index (χ0n) is 12.7. The summed E-state index contributed by atoms with van der Waals surface area (Å²) in [6.07, 6.45) is 1.02. The summed E-state index contributed by atoms with van der Waals surface area (Å²) in [5.74, 6) is 0. The summed E-state index contributed by atoms with van der Waals surface area (Å²) in [4.78, 5) is 2.38. The van der Waals surface area contributed by atoms with Crippen LogP contribution in [-0.4, -0.2) is 23.8 Å². The zero-order valence-corrected chi connectivity index (χ0v) is 12.7. The van der Waals surface area contributed by atoms with E-state index in [9.17, 15) is 0 Å². The van der Waals surface area contributed by atoms with Gasteiger partial charge in [0.2, 0.25) is 0 Å². The van der Waals surface area contributed by atoms with E-state index in [0.29, 0.717) is 6.04 Å². The summed E-state index contributed by atoms with van der Waals surface area (Å²) < 4.78 is 6.21. The van der Waals surface area contributed by atoms with Crippen molar-refractivity contribution < 1.29 is 4.74 Å². The molecule has 0 radical (unpaired) electrons. The molecule has 19 heavy (non-hydrogen) atoms. The Morgan fingerprint density at radius 3 is 2.37 bits per heavy atom. The largest absolute Gasteiger partial charge is 0.397 e. The van der Waals surface area contributed by atoms with Crippen LogP contribution < -0.4 is 10.6 Å². The van der Waals surface area contributed by atoms with Gasteiger partial charge >= 0.3 is 0 Å². The van der Waals surface area contributed by atoms with Crippen LogP contribution in [0.25, 0.3) is 0 Å². The lowest BCUT2D eigenvalue weighted by molar-refractivity contribution is -0.0678. The summed E-state index contributed by atoms with van der Waals surface area (Å²) in [5, 5.41) is 0. The molecule has 0 spiro atoms. The van der Waals surface area contributed by atoms with E-state index >= 15 is 0 Å². The lowest BCUT2D eigenvalue weighted by Crippen LogP contribution is -2.46. The predicted molar refractivity (Wildman–Crippen MR) is 81.5 cm³/mol. The second-order valence-corrected chi connectivity index (χ2v) is 6.53. The Balaban J connectivity index is 2.36. The molecule has 1 unspecified atom stereocenters. The molecule has 2 rings (SSSR count). The number of ether oxygens (including phenoxy) is 1. The van der Waals surface area contributed by atoms with Crippen LogP contribution >= 0.6 is 0 Å². The van der Waals surface area contributed by atoms with Gasteiger partial charge in [0, 0.05) is 6.54 Å². The number of nitrogens with zero attached hydrogens (tertiary/aromatic N) is 1. The fraction of sp³-hybridized carbons (Fsp3) is 0.625. The average Bonchev–Trinajstić information content (AvgIpc) is 2.51. The molecule has 106 valence electrons.